The molecular formula is C23H15F6N5O3. The smallest absolute Gasteiger partial charge is 0.325 e. The maximum Gasteiger partial charge on any atom is 0.439 e. The highest BCUT2D eigenvalue weighted by atomic mass is 19.4. The number of pyridine rings is 1. The molecular weight excluding hydrogens is 508 g/mol. The second-order valence-electron chi connectivity index (χ2n) is 7.61. The zero-order valence-electron chi connectivity index (χ0n) is 18.3. The zero-order valence-corrected chi connectivity index (χ0v) is 18.3. The van der Waals surface area contributed by atoms with Gasteiger partial charge in [0.25, 0.3) is 0 Å². The van der Waals surface area contributed by atoms with E-state index in [0.29, 0.717) is 17.7 Å². The van der Waals surface area contributed by atoms with E-state index in [9.17, 15) is 35.9 Å². The molecule has 0 bridgehead atoms. The lowest BCUT2D eigenvalue weighted by Crippen LogP contribution is -2.35. The van der Waals surface area contributed by atoms with Crippen molar-refractivity contribution in [2.75, 3.05) is 5.32 Å². The molecule has 0 aliphatic heterocycles. The molecule has 2 aromatic carbocycles. The first kappa shape index (κ1) is 25.5. The highest BCUT2D eigenvalue weighted by Gasteiger charge is 2.37. The van der Waals surface area contributed by atoms with Crippen LogP contribution in [0.5, 0.6) is 0 Å². The second-order valence-corrected chi connectivity index (χ2v) is 7.61. The van der Waals surface area contributed by atoms with Gasteiger partial charge in [0.05, 0.1) is 22.9 Å². The number of benzene rings is 2. The molecule has 0 radical (unpaired) electrons. The fourth-order valence-corrected chi connectivity index (χ4v) is 3.43. The van der Waals surface area contributed by atoms with Gasteiger partial charge in [-0.1, -0.05) is 17.3 Å². The Morgan fingerprint density at radius 2 is 1.59 bits per heavy atom. The SMILES string of the molecule is O=C(Nc1ccc(-c2noc(=O)[nH]2)cc1)N[C@@H](c1ccc(C(F)(F)F)cc1)c1ncccc1C(F)(F)F. The number of halogens is 6. The Balaban J connectivity index is 1.62. The number of hydrogen-bond donors (Lipinski definition) is 3. The quantitative estimate of drug-likeness (QED) is 0.305. The number of amides is 2. The summed E-state index contributed by atoms with van der Waals surface area (Å²) in [6, 6.07) is 8.47. The summed E-state index contributed by atoms with van der Waals surface area (Å²) in [5.74, 6) is -0.628. The van der Waals surface area contributed by atoms with Gasteiger partial charge in [0.2, 0.25) is 0 Å². The van der Waals surface area contributed by atoms with E-state index in [1.165, 1.54) is 24.3 Å². The van der Waals surface area contributed by atoms with E-state index in [2.05, 4.69) is 30.3 Å². The van der Waals surface area contributed by atoms with Crippen LogP contribution in [0.3, 0.4) is 0 Å². The number of urea groups is 1. The van der Waals surface area contributed by atoms with E-state index in [0.717, 1.165) is 30.5 Å². The average Bonchev–Trinajstić information content (AvgIpc) is 3.28. The molecule has 14 heteroatoms. The highest BCUT2D eigenvalue weighted by Crippen LogP contribution is 2.36. The zero-order chi connectivity index (χ0) is 26.8. The summed E-state index contributed by atoms with van der Waals surface area (Å²) in [5.41, 5.74) is -2.16. The topological polar surface area (TPSA) is 113 Å². The second kappa shape index (κ2) is 9.79. The minimum atomic E-state index is -4.84. The molecule has 4 rings (SSSR count). The van der Waals surface area contributed by atoms with Crippen molar-refractivity contribution in [2.24, 2.45) is 0 Å². The van der Waals surface area contributed by atoms with Crippen LogP contribution in [0, 0.1) is 0 Å². The number of nitrogens with one attached hydrogen (secondary N) is 3. The van der Waals surface area contributed by atoms with Crippen LogP contribution in [0.2, 0.25) is 0 Å². The van der Waals surface area contributed by atoms with Crippen LogP contribution in [-0.2, 0) is 12.4 Å². The van der Waals surface area contributed by atoms with Gasteiger partial charge in [-0.3, -0.25) is 14.5 Å². The van der Waals surface area contributed by atoms with Crippen molar-refractivity contribution < 1.29 is 35.7 Å². The van der Waals surface area contributed by atoms with E-state index in [-0.39, 0.29) is 17.1 Å². The summed E-state index contributed by atoms with van der Waals surface area (Å²) in [6.45, 7) is 0. The number of aromatic amines is 1. The Morgan fingerprint density at radius 1 is 0.919 bits per heavy atom. The first-order chi connectivity index (χ1) is 17.4. The Bertz CT molecular complexity index is 1440. The molecule has 0 unspecified atom stereocenters. The van der Waals surface area contributed by atoms with Gasteiger partial charge in [0, 0.05) is 17.4 Å². The normalized spacial score (nSPS) is 12.7. The van der Waals surface area contributed by atoms with Gasteiger partial charge in [-0.05, 0) is 54.1 Å². The Morgan fingerprint density at radius 3 is 2.16 bits per heavy atom. The monoisotopic (exact) mass is 523 g/mol. The Hall–Kier alpha value is -4.62. The third kappa shape index (κ3) is 5.97. The molecule has 0 fully saturated rings. The molecule has 3 N–H and O–H groups in total. The van der Waals surface area contributed by atoms with Gasteiger partial charge in [0.15, 0.2) is 5.82 Å². The van der Waals surface area contributed by atoms with Crippen molar-refractivity contribution in [3.63, 3.8) is 0 Å². The van der Waals surface area contributed by atoms with Crippen LogP contribution in [0.1, 0.15) is 28.4 Å². The van der Waals surface area contributed by atoms with Crippen molar-refractivity contribution in [3.8, 4) is 11.4 Å². The van der Waals surface area contributed by atoms with E-state index >= 15 is 0 Å². The summed E-state index contributed by atoms with van der Waals surface area (Å²) < 4.78 is 84.3. The van der Waals surface area contributed by atoms with Crippen molar-refractivity contribution >= 4 is 11.7 Å². The van der Waals surface area contributed by atoms with E-state index in [4.69, 9.17) is 0 Å². The highest BCUT2D eigenvalue weighted by molar-refractivity contribution is 5.90. The standard InChI is InChI=1S/C23H15F6N5O3/c24-22(25,26)14-7-3-12(4-8-14)17(18-16(23(27,28)29)2-1-11-30-18)32-20(35)31-15-9-5-13(6-10-15)19-33-21(36)37-34-19/h1-11,17H,(H2,31,32,35)(H,33,34,36)/t17-/m0/s1. The lowest BCUT2D eigenvalue weighted by Gasteiger charge is -2.23. The molecule has 0 saturated heterocycles. The van der Waals surface area contributed by atoms with Gasteiger partial charge in [-0.25, -0.2) is 9.59 Å². The number of anilines is 1. The van der Waals surface area contributed by atoms with Crippen molar-refractivity contribution in [2.45, 2.75) is 18.4 Å². The van der Waals surface area contributed by atoms with Gasteiger partial charge in [-0.2, -0.15) is 26.3 Å². The molecule has 0 saturated carbocycles. The van der Waals surface area contributed by atoms with Gasteiger partial charge >= 0.3 is 24.1 Å². The summed E-state index contributed by atoms with van der Waals surface area (Å²) >= 11 is 0. The van der Waals surface area contributed by atoms with Crippen LogP contribution in [0.4, 0.5) is 36.8 Å². The average molecular weight is 523 g/mol. The number of carbonyl (C=O) groups is 1. The number of hydrogen-bond acceptors (Lipinski definition) is 5. The van der Waals surface area contributed by atoms with E-state index in [1.807, 2.05) is 0 Å². The van der Waals surface area contributed by atoms with E-state index in [1.54, 1.807) is 0 Å². The van der Waals surface area contributed by atoms with Gasteiger partial charge in [-0.15, -0.1) is 0 Å². The summed E-state index contributed by atoms with van der Waals surface area (Å²) in [5, 5.41) is 8.31. The number of aromatic nitrogens is 3. The first-order valence-electron chi connectivity index (χ1n) is 10.3. The first-order valence-corrected chi connectivity index (χ1v) is 10.3. The molecule has 4 aromatic rings. The number of carbonyl (C=O) groups excluding carboxylic acids is 1. The summed E-state index contributed by atoms with van der Waals surface area (Å²) in [4.78, 5) is 29.9. The molecule has 0 spiro atoms. The van der Waals surface area contributed by atoms with Crippen LogP contribution < -0.4 is 16.4 Å². The van der Waals surface area contributed by atoms with Gasteiger partial charge < -0.3 is 10.6 Å². The number of rotatable bonds is 5. The molecule has 8 nitrogen and oxygen atoms in total. The minimum Gasteiger partial charge on any atom is -0.325 e. The number of H-pyrrole nitrogens is 1. The number of nitrogens with zero attached hydrogens (tertiary/aromatic N) is 2. The fraction of sp³-hybridized carbons (Fsp3) is 0.130. The summed E-state index contributed by atoms with van der Waals surface area (Å²) in [7, 11) is 0. The molecule has 2 heterocycles. The third-order valence-corrected chi connectivity index (χ3v) is 5.12. The fourth-order valence-electron chi connectivity index (χ4n) is 3.43. The van der Waals surface area contributed by atoms with Crippen molar-refractivity contribution in [3.05, 3.63) is 99.8 Å². The molecule has 192 valence electrons. The largest absolute Gasteiger partial charge is 0.439 e. The molecule has 2 amide bonds. The maximum atomic E-state index is 13.7. The molecule has 0 aliphatic carbocycles. The summed E-state index contributed by atoms with van der Waals surface area (Å²) in [6.07, 6.45) is -8.43. The van der Waals surface area contributed by atoms with E-state index < -0.39 is 47.0 Å². The lowest BCUT2D eigenvalue weighted by atomic mass is 9.98. The Kier molecular flexibility index (Phi) is 6.74. The maximum absolute atomic E-state index is 13.7. The minimum absolute atomic E-state index is 0.0577. The molecule has 1 atom stereocenters. The molecule has 0 aliphatic rings. The predicted molar refractivity (Wildman–Crippen MR) is 117 cm³/mol. The lowest BCUT2D eigenvalue weighted by molar-refractivity contribution is -0.139. The van der Waals surface area contributed by atoms with Crippen molar-refractivity contribution in [1.82, 2.24) is 20.4 Å². The van der Waals surface area contributed by atoms with Crippen LogP contribution in [-0.4, -0.2) is 21.2 Å². The van der Waals surface area contributed by atoms with Gasteiger partial charge in [0.1, 0.15) is 0 Å². The Labute approximate surface area is 203 Å². The molecule has 2 aromatic heterocycles. The van der Waals surface area contributed by atoms with Crippen LogP contribution >= 0.6 is 0 Å². The van der Waals surface area contributed by atoms with Crippen molar-refractivity contribution in [1.29, 1.82) is 0 Å². The third-order valence-electron chi connectivity index (χ3n) is 5.12. The van der Waals surface area contributed by atoms with Crippen LogP contribution in [0.25, 0.3) is 11.4 Å². The predicted octanol–water partition coefficient (Wildman–Crippen LogP) is 5.37. The number of alkyl halides is 6. The molecule has 37 heavy (non-hydrogen) atoms. The van der Waals surface area contributed by atoms with Crippen LogP contribution in [0.15, 0.2) is 76.2 Å².